The number of primary amides is 1. The van der Waals surface area contributed by atoms with Gasteiger partial charge >= 0.3 is 6.03 Å². The van der Waals surface area contributed by atoms with Crippen molar-refractivity contribution in [3.05, 3.63) is 23.8 Å². The summed E-state index contributed by atoms with van der Waals surface area (Å²) in [6, 6.07) is 5.35. The first-order valence-electron chi connectivity index (χ1n) is 5.06. The number of likely N-dealkylation sites (N-methyl/N-ethyl adjacent to an activating group) is 1. The lowest BCUT2D eigenvalue weighted by Gasteiger charge is -2.13. The molecule has 2 amide bonds. The van der Waals surface area contributed by atoms with E-state index in [-0.39, 0.29) is 6.79 Å². The maximum atomic E-state index is 10.8. The van der Waals surface area contributed by atoms with Crippen LogP contribution < -0.4 is 15.2 Å². The monoisotopic (exact) mass is 222 g/mol. The molecule has 0 unspecified atom stereocenters. The first kappa shape index (κ1) is 10.6. The molecule has 0 saturated heterocycles. The smallest absolute Gasteiger partial charge is 0.314 e. The van der Waals surface area contributed by atoms with Crippen LogP contribution in [-0.2, 0) is 6.42 Å². The van der Waals surface area contributed by atoms with Gasteiger partial charge in [-0.25, -0.2) is 4.79 Å². The lowest BCUT2D eigenvalue weighted by atomic mass is 10.1. The number of benzene rings is 1. The topological polar surface area (TPSA) is 64.8 Å². The van der Waals surface area contributed by atoms with Crippen LogP contribution in [0.3, 0.4) is 0 Å². The number of ether oxygens (including phenoxy) is 2. The third-order valence-corrected chi connectivity index (χ3v) is 2.55. The van der Waals surface area contributed by atoms with Crippen molar-refractivity contribution >= 4 is 6.03 Å². The number of carbonyl (C=O) groups is 1. The van der Waals surface area contributed by atoms with E-state index in [0.29, 0.717) is 6.54 Å². The first-order chi connectivity index (χ1) is 7.66. The molecule has 0 bridgehead atoms. The lowest BCUT2D eigenvalue weighted by molar-refractivity contribution is 0.174. The molecule has 0 aromatic heterocycles. The summed E-state index contributed by atoms with van der Waals surface area (Å²) in [7, 11) is 1.68. The third kappa shape index (κ3) is 2.18. The number of amides is 2. The number of hydrogen-bond acceptors (Lipinski definition) is 3. The highest BCUT2D eigenvalue weighted by Crippen LogP contribution is 2.32. The summed E-state index contributed by atoms with van der Waals surface area (Å²) in [5, 5.41) is 0. The maximum absolute atomic E-state index is 10.8. The van der Waals surface area contributed by atoms with E-state index in [0.717, 1.165) is 23.5 Å². The molecular weight excluding hydrogens is 208 g/mol. The Kier molecular flexibility index (Phi) is 2.85. The fourth-order valence-electron chi connectivity index (χ4n) is 1.50. The zero-order valence-corrected chi connectivity index (χ0v) is 9.10. The Balaban J connectivity index is 1.98. The van der Waals surface area contributed by atoms with Crippen molar-refractivity contribution < 1.29 is 14.3 Å². The van der Waals surface area contributed by atoms with E-state index in [1.54, 1.807) is 7.05 Å². The molecule has 2 rings (SSSR count). The van der Waals surface area contributed by atoms with Crippen LogP contribution in [0.25, 0.3) is 0 Å². The summed E-state index contributed by atoms with van der Waals surface area (Å²) in [4.78, 5) is 12.3. The van der Waals surface area contributed by atoms with Gasteiger partial charge in [-0.1, -0.05) is 6.07 Å². The van der Waals surface area contributed by atoms with Gasteiger partial charge in [-0.2, -0.15) is 0 Å². The third-order valence-electron chi connectivity index (χ3n) is 2.55. The van der Waals surface area contributed by atoms with Crippen LogP contribution in [0.1, 0.15) is 5.56 Å². The van der Waals surface area contributed by atoms with Gasteiger partial charge < -0.3 is 20.1 Å². The van der Waals surface area contributed by atoms with Gasteiger partial charge in [0.2, 0.25) is 6.79 Å². The van der Waals surface area contributed by atoms with Crippen LogP contribution >= 0.6 is 0 Å². The van der Waals surface area contributed by atoms with Gasteiger partial charge in [0, 0.05) is 13.6 Å². The van der Waals surface area contributed by atoms with Crippen molar-refractivity contribution in [2.45, 2.75) is 6.42 Å². The number of hydrogen-bond donors (Lipinski definition) is 1. The fourth-order valence-corrected chi connectivity index (χ4v) is 1.50. The molecule has 0 aliphatic carbocycles. The Morgan fingerprint density at radius 2 is 2.19 bits per heavy atom. The molecule has 86 valence electrons. The quantitative estimate of drug-likeness (QED) is 0.828. The first-order valence-corrected chi connectivity index (χ1v) is 5.06. The van der Waals surface area contributed by atoms with Crippen LogP contribution in [0.5, 0.6) is 11.5 Å². The van der Waals surface area contributed by atoms with Crippen LogP contribution in [0.15, 0.2) is 18.2 Å². The van der Waals surface area contributed by atoms with E-state index in [1.807, 2.05) is 18.2 Å². The number of fused-ring (bicyclic) bond motifs is 1. The number of nitrogens with two attached hydrogens (primary N) is 1. The van der Waals surface area contributed by atoms with Gasteiger partial charge in [0.15, 0.2) is 11.5 Å². The molecule has 0 atom stereocenters. The van der Waals surface area contributed by atoms with E-state index in [2.05, 4.69) is 0 Å². The number of carbonyl (C=O) groups excluding carboxylic acids is 1. The Bertz CT molecular complexity index is 406. The average molecular weight is 222 g/mol. The molecule has 0 radical (unpaired) electrons. The van der Waals surface area contributed by atoms with E-state index in [4.69, 9.17) is 15.2 Å². The molecular formula is C11H14N2O3. The molecule has 2 N–H and O–H groups in total. The van der Waals surface area contributed by atoms with Crippen molar-refractivity contribution in [2.24, 2.45) is 5.73 Å². The summed E-state index contributed by atoms with van der Waals surface area (Å²) in [6.45, 7) is 0.870. The second-order valence-corrected chi connectivity index (χ2v) is 3.70. The molecule has 5 nitrogen and oxygen atoms in total. The Morgan fingerprint density at radius 3 is 2.94 bits per heavy atom. The highest BCUT2D eigenvalue weighted by molar-refractivity contribution is 5.71. The van der Waals surface area contributed by atoms with Crippen molar-refractivity contribution in [1.29, 1.82) is 0 Å². The Morgan fingerprint density at radius 1 is 1.44 bits per heavy atom. The molecule has 1 aromatic rings. The molecule has 1 aliphatic heterocycles. The molecule has 1 heterocycles. The maximum Gasteiger partial charge on any atom is 0.314 e. The highest BCUT2D eigenvalue weighted by atomic mass is 16.7. The zero-order valence-electron chi connectivity index (χ0n) is 9.10. The minimum Gasteiger partial charge on any atom is -0.454 e. The van der Waals surface area contributed by atoms with E-state index in [1.165, 1.54) is 4.90 Å². The largest absolute Gasteiger partial charge is 0.454 e. The van der Waals surface area contributed by atoms with Gasteiger partial charge in [0.1, 0.15) is 0 Å². The van der Waals surface area contributed by atoms with Crippen molar-refractivity contribution in [2.75, 3.05) is 20.4 Å². The second-order valence-electron chi connectivity index (χ2n) is 3.70. The number of rotatable bonds is 3. The Hall–Kier alpha value is -1.91. The Labute approximate surface area is 93.7 Å². The van der Waals surface area contributed by atoms with Crippen LogP contribution in [0.2, 0.25) is 0 Å². The van der Waals surface area contributed by atoms with E-state index in [9.17, 15) is 4.79 Å². The predicted octanol–water partition coefficient (Wildman–Crippen LogP) is 0.968. The summed E-state index contributed by atoms with van der Waals surface area (Å²) >= 11 is 0. The summed E-state index contributed by atoms with van der Waals surface area (Å²) in [5.41, 5.74) is 6.23. The molecule has 16 heavy (non-hydrogen) atoms. The van der Waals surface area contributed by atoms with Gasteiger partial charge in [-0.3, -0.25) is 0 Å². The standard InChI is InChI=1S/C11H14N2O3/c1-13(11(12)14)5-4-8-2-3-9-10(6-8)16-7-15-9/h2-3,6H,4-5,7H2,1H3,(H2,12,14). The van der Waals surface area contributed by atoms with Gasteiger partial charge in [0.05, 0.1) is 0 Å². The van der Waals surface area contributed by atoms with Crippen molar-refractivity contribution in [1.82, 2.24) is 4.90 Å². The molecule has 0 fully saturated rings. The van der Waals surface area contributed by atoms with Gasteiger partial charge in [-0.05, 0) is 24.1 Å². The van der Waals surface area contributed by atoms with Gasteiger partial charge in [0.25, 0.3) is 0 Å². The van der Waals surface area contributed by atoms with Crippen LogP contribution in [-0.4, -0.2) is 31.3 Å². The lowest BCUT2D eigenvalue weighted by Crippen LogP contribution is -2.33. The molecule has 1 aliphatic rings. The number of urea groups is 1. The minimum absolute atomic E-state index is 0.278. The highest BCUT2D eigenvalue weighted by Gasteiger charge is 2.13. The minimum atomic E-state index is -0.416. The number of nitrogens with zero attached hydrogens (tertiary/aromatic N) is 1. The molecule has 1 aromatic carbocycles. The van der Waals surface area contributed by atoms with Crippen LogP contribution in [0.4, 0.5) is 4.79 Å². The molecule has 0 saturated carbocycles. The van der Waals surface area contributed by atoms with E-state index < -0.39 is 6.03 Å². The fraction of sp³-hybridized carbons (Fsp3) is 0.364. The zero-order chi connectivity index (χ0) is 11.5. The van der Waals surface area contributed by atoms with Gasteiger partial charge in [-0.15, -0.1) is 0 Å². The van der Waals surface area contributed by atoms with E-state index >= 15 is 0 Å². The summed E-state index contributed by atoms with van der Waals surface area (Å²) in [5.74, 6) is 1.53. The summed E-state index contributed by atoms with van der Waals surface area (Å²) in [6.07, 6.45) is 0.746. The average Bonchev–Trinajstić information content (AvgIpc) is 2.72. The molecule has 0 spiro atoms. The van der Waals surface area contributed by atoms with Crippen LogP contribution in [0, 0.1) is 0 Å². The molecule has 5 heteroatoms. The predicted molar refractivity (Wildman–Crippen MR) is 58.5 cm³/mol. The summed E-state index contributed by atoms with van der Waals surface area (Å²) < 4.78 is 10.5. The van der Waals surface area contributed by atoms with Crippen molar-refractivity contribution in [3.8, 4) is 11.5 Å². The second kappa shape index (κ2) is 4.30. The SMILES string of the molecule is CN(CCc1ccc2c(c1)OCO2)C(N)=O. The normalized spacial score (nSPS) is 12.6. The van der Waals surface area contributed by atoms with Crippen molar-refractivity contribution in [3.63, 3.8) is 0 Å².